The molecule has 2 heterocycles. The third-order valence-electron chi connectivity index (χ3n) is 3.12. The van der Waals surface area contributed by atoms with E-state index in [0.717, 1.165) is 18.8 Å². The highest BCUT2D eigenvalue weighted by molar-refractivity contribution is 5.66. The molecule has 0 atom stereocenters. The minimum Gasteiger partial charge on any atom is -0.378 e. The second kappa shape index (κ2) is 5.21. The van der Waals surface area contributed by atoms with Crippen molar-refractivity contribution in [2.45, 2.75) is 0 Å². The van der Waals surface area contributed by atoms with E-state index in [1.807, 2.05) is 0 Å². The van der Waals surface area contributed by atoms with Crippen molar-refractivity contribution in [2.24, 2.45) is 0 Å². The molecule has 0 aliphatic carbocycles. The zero-order chi connectivity index (χ0) is 13.9. The quantitative estimate of drug-likeness (QED) is 0.591. The number of anilines is 1. The summed E-state index contributed by atoms with van der Waals surface area (Å²) >= 11 is 0. The minimum absolute atomic E-state index is 0.00695. The summed E-state index contributed by atoms with van der Waals surface area (Å²) in [7, 11) is 0. The standard InChI is InChI=1S/C11H12N6O3/c18-17(19)9-1-2-10(15-3-5-20-6-4-15)11(7-9)16-8-12-13-14-16/h1-2,7-8H,3-6H2. The molecule has 1 aromatic carbocycles. The van der Waals surface area contributed by atoms with Crippen molar-refractivity contribution >= 4 is 11.4 Å². The number of morpholine rings is 1. The first-order chi connectivity index (χ1) is 9.75. The summed E-state index contributed by atoms with van der Waals surface area (Å²) in [6, 6.07) is 4.68. The van der Waals surface area contributed by atoms with Gasteiger partial charge in [0.25, 0.3) is 5.69 Å². The van der Waals surface area contributed by atoms with E-state index in [9.17, 15) is 10.1 Å². The molecule has 0 spiro atoms. The Labute approximate surface area is 113 Å². The van der Waals surface area contributed by atoms with E-state index >= 15 is 0 Å². The van der Waals surface area contributed by atoms with Crippen LogP contribution in [-0.4, -0.2) is 51.4 Å². The van der Waals surface area contributed by atoms with E-state index in [1.165, 1.54) is 23.1 Å². The molecule has 0 saturated carbocycles. The van der Waals surface area contributed by atoms with Crippen LogP contribution < -0.4 is 4.90 Å². The number of hydrogen-bond donors (Lipinski definition) is 0. The van der Waals surface area contributed by atoms with E-state index in [0.29, 0.717) is 18.9 Å². The number of nitrogens with zero attached hydrogens (tertiary/aromatic N) is 6. The molecule has 9 heteroatoms. The molecule has 20 heavy (non-hydrogen) atoms. The molecule has 104 valence electrons. The molecular weight excluding hydrogens is 264 g/mol. The molecule has 0 bridgehead atoms. The Morgan fingerprint density at radius 2 is 2.05 bits per heavy atom. The van der Waals surface area contributed by atoms with E-state index in [-0.39, 0.29) is 5.69 Å². The van der Waals surface area contributed by atoms with Crippen LogP contribution >= 0.6 is 0 Å². The molecule has 0 amide bonds. The first kappa shape index (κ1) is 12.5. The average molecular weight is 276 g/mol. The molecule has 0 N–H and O–H groups in total. The number of rotatable bonds is 3. The van der Waals surface area contributed by atoms with Crippen LogP contribution in [0.2, 0.25) is 0 Å². The Hall–Kier alpha value is -2.55. The van der Waals surface area contributed by atoms with Gasteiger partial charge in [0.2, 0.25) is 0 Å². The highest BCUT2D eigenvalue weighted by atomic mass is 16.6. The van der Waals surface area contributed by atoms with Crippen LogP contribution in [0.5, 0.6) is 0 Å². The predicted octanol–water partition coefficient (Wildman–Crippen LogP) is 0.407. The van der Waals surface area contributed by atoms with Crippen LogP contribution in [0.15, 0.2) is 24.5 Å². The summed E-state index contributed by atoms with van der Waals surface area (Å²) in [6.45, 7) is 2.72. The molecule has 1 aliphatic rings. The Bertz CT molecular complexity index is 609. The lowest BCUT2D eigenvalue weighted by molar-refractivity contribution is -0.384. The van der Waals surface area contributed by atoms with Gasteiger partial charge in [0, 0.05) is 25.2 Å². The first-order valence-corrected chi connectivity index (χ1v) is 6.10. The minimum atomic E-state index is -0.434. The Kier molecular flexibility index (Phi) is 3.25. The number of hydrogen-bond acceptors (Lipinski definition) is 7. The van der Waals surface area contributed by atoms with Gasteiger partial charge >= 0.3 is 0 Å². The van der Waals surface area contributed by atoms with Crippen molar-refractivity contribution in [3.05, 3.63) is 34.6 Å². The number of tetrazole rings is 1. The number of non-ortho nitro benzene ring substituents is 1. The highest BCUT2D eigenvalue weighted by Gasteiger charge is 2.19. The molecule has 1 aliphatic heterocycles. The average Bonchev–Trinajstić information content (AvgIpc) is 3.01. The van der Waals surface area contributed by atoms with Crippen LogP contribution in [-0.2, 0) is 4.74 Å². The first-order valence-electron chi connectivity index (χ1n) is 6.10. The second-order valence-electron chi connectivity index (χ2n) is 4.28. The maximum atomic E-state index is 10.9. The van der Waals surface area contributed by atoms with Gasteiger partial charge in [-0.15, -0.1) is 5.10 Å². The lowest BCUT2D eigenvalue weighted by Crippen LogP contribution is -2.36. The maximum Gasteiger partial charge on any atom is 0.271 e. The zero-order valence-electron chi connectivity index (χ0n) is 10.5. The van der Waals surface area contributed by atoms with Gasteiger partial charge in [0.15, 0.2) is 0 Å². The third kappa shape index (κ3) is 2.30. The predicted molar refractivity (Wildman–Crippen MR) is 68.8 cm³/mol. The third-order valence-corrected chi connectivity index (χ3v) is 3.12. The number of aromatic nitrogens is 4. The van der Waals surface area contributed by atoms with E-state index in [4.69, 9.17) is 4.74 Å². The second-order valence-corrected chi connectivity index (χ2v) is 4.28. The van der Waals surface area contributed by atoms with Gasteiger partial charge in [-0.1, -0.05) is 0 Å². The molecule has 1 fully saturated rings. The van der Waals surface area contributed by atoms with Gasteiger partial charge in [-0.25, -0.2) is 0 Å². The molecule has 2 aromatic rings. The lowest BCUT2D eigenvalue weighted by Gasteiger charge is -2.30. The fourth-order valence-electron chi connectivity index (χ4n) is 2.15. The smallest absolute Gasteiger partial charge is 0.271 e. The summed E-state index contributed by atoms with van der Waals surface area (Å²) < 4.78 is 6.75. The van der Waals surface area contributed by atoms with Crippen LogP contribution in [0.3, 0.4) is 0 Å². The monoisotopic (exact) mass is 276 g/mol. The van der Waals surface area contributed by atoms with Gasteiger partial charge in [-0.05, 0) is 16.5 Å². The molecule has 1 saturated heterocycles. The van der Waals surface area contributed by atoms with Crippen LogP contribution in [0.4, 0.5) is 11.4 Å². The van der Waals surface area contributed by atoms with Crippen molar-refractivity contribution in [1.29, 1.82) is 0 Å². The fourth-order valence-corrected chi connectivity index (χ4v) is 2.15. The summed E-state index contributed by atoms with van der Waals surface area (Å²) in [5.41, 5.74) is 1.45. The van der Waals surface area contributed by atoms with Gasteiger partial charge in [0.1, 0.15) is 6.33 Å². The van der Waals surface area contributed by atoms with Gasteiger partial charge in [-0.3, -0.25) is 10.1 Å². The van der Waals surface area contributed by atoms with Crippen LogP contribution in [0, 0.1) is 10.1 Å². The van der Waals surface area contributed by atoms with E-state index < -0.39 is 4.92 Å². The SMILES string of the molecule is O=[N+]([O-])c1ccc(N2CCOCC2)c(-n2cnnn2)c1. The van der Waals surface area contributed by atoms with Gasteiger partial charge in [-0.2, -0.15) is 4.68 Å². The maximum absolute atomic E-state index is 10.9. The van der Waals surface area contributed by atoms with Gasteiger partial charge in [0.05, 0.1) is 29.5 Å². The highest BCUT2D eigenvalue weighted by Crippen LogP contribution is 2.28. The molecule has 0 radical (unpaired) electrons. The number of nitro groups is 1. The topological polar surface area (TPSA) is 99.2 Å². The van der Waals surface area contributed by atoms with Gasteiger partial charge < -0.3 is 9.64 Å². The largest absolute Gasteiger partial charge is 0.378 e. The Morgan fingerprint density at radius 3 is 2.70 bits per heavy atom. The molecule has 0 unspecified atom stereocenters. The summed E-state index contributed by atoms with van der Waals surface area (Å²) in [6.07, 6.45) is 1.42. The van der Waals surface area contributed by atoms with Crippen molar-refractivity contribution in [3.63, 3.8) is 0 Å². The molecule has 9 nitrogen and oxygen atoms in total. The van der Waals surface area contributed by atoms with Crippen LogP contribution in [0.1, 0.15) is 0 Å². The van der Waals surface area contributed by atoms with Crippen molar-refractivity contribution < 1.29 is 9.66 Å². The number of ether oxygens (including phenoxy) is 1. The summed E-state index contributed by atoms with van der Waals surface area (Å²) in [5.74, 6) is 0. The van der Waals surface area contributed by atoms with E-state index in [2.05, 4.69) is 20.4 Å². The molecular formula is C11H12N6O3. The lowest BCUT2D eigenvalue weighted by atomic mass is 10.2. The van der Waals surface area contributed by atoms with Crippen molar-refractivity contribution in [3.8, 4) is 5.69 Å². The normalized spacial score (nSPS) is 15.3. The van der Waals surface area contributed by atoms with Crippen molar-refractivity contribution in [2.75, 3.05) is 31.2 Å². The van der Waals surface area contributed by atoms with Crippen LogP contribution in [0.25, 0.3) is 5.69 Å². The van der Waals surface area contributed by atoms with Crippen molar-refractivity contribution in [1.82, 2.24) is 20.2 Å². The molecule has 3 rings (SSSR count). The number of benzene rings is 1. The van der Waals surface area contributed by atoms with E-state index in [1.54, 1.807) is 6.07 Å². The fraction of sp³-hybridized carbons (Fsp3) is 0.364. The number of nitro benzene ring substituents is 1. The molecule has 1 aromatic heterocycles. The summed E-state index contributed by atoms with van der Waals surface area (Å²) in [4.78, 5) is 12.6. The zero-order valence-corrected chi connectivity index (χ0v) is 10.5. The summed E-state index contributed by atoms with van der Waals surface area (Å²) in [5, 5.41) is 21.9. The Balaban J connectivity index is 2.06. The Morgan fingerprint density at radius 1 is 1.25 bits per heavy atom.